The Bertz CT molecular complexity index is 1510. The van der Waals surface area contributed by atoms with Crippen LogP contribution in [-0.2, 0) is 4.74 Å². The van der Waals surface area contributed by atoms with E-state index in [9.17, 15) is 13.6 Å². The van der Waals surface area contributed by atoms with E-state index in [1.54, 1.807) is 35.7 Å². The fourth-order valence-electron chi connectivity index (χ4n) is 4.38. The molecule has 1 amide bonds. The highest BCUT2D eigenvalue weighted by molar-refractivity contribution is 7.13. The maximum Gasteiger partial charge on any atom is 0.275 e. The number of anilines is 1. The predicted octanol–water partition coefficient (Wildman–Crippen LogP) is 3.18. The fourth-order valence-corrected chi connectivity index (χ4v) is 5.17. The lowest BCUT2D eigenvalue weighted by molar-refractivity contribution is -0.588. The van der Waals surface area contributed by atoms with Gasteiger partial charge in [0.1, 0.15) is 28.5 Å². The summed E-state index contributed by atoms with van der Waals surface area (Å²) in [6.45, 7) is 5.01. The van der Waals surface area contributed by atoms with Gasteiger partial charge in [0, 0.05) is 41.8 Å². The fraction of sp³-hybridized carbons (Fsp3) is 0.207. The Hall–Kier alpha value is -4.03. The molecule has 1 saturated heterocycles. The van der Waals surface area contributed by atoms with Gasteiger partial charge in [-0.3, -0.25) is 9.69 Å². The van der Waals surface area contributed by atoms with Crippen LogP contribution in [0.2, 0.25) is 0 Å². The zero-order chi connectivity index (χ0) is 28.1. The van der Waals surface area contributed by atoms with Gasteiger partial charge >= 0.3 is 0 Å². The lowest BCUT2D eigenvalue weighted by atomic mass is 9.92. The molecule has 1 aromatic heterocycles. The number of halogens is 2. The van der Waals surface area contributed by atoms with Gasteiger partial charge in [-0.2, -0.15) is 0 Å². The number of thiazole rings is 1. The van der Waals surface area contributed by atoms with Gasteiger partial charge in [-0.15, -0.1) is 11.3 Å². The second kappa shape index (κ2) is 12.4. The zero-order valence-corrected chi connectivity index (χ0v) is 22.4. The maximum absolute atomic E-state index is 13.9. The van der Waals surface area contributed by atoms with Crippen molar-refractivity contribution in [1.82, 2.24) is 15.2 Å². The van der Waals surface area contributed by atoms with Crippen LogP contribution in [0.15, 0.2) is 77.5 Å². The quantitative estimate of drug-likeness (QED) is 0.248. The molecule has 11 heteroatoms. The standard InChI is InChI=1S/C29H28F2N6O2S/c30-21-4-1-18(2-5-21)22-15-25(33)20(16-34-7-8-37-9-11-39-12-10-37)14-26(22)35-28(38)27-17-40-29(36-27)19-3-6-24(32)23(31)13-19/h1-6,13-17,33-34H,7-12,32H2,(H,35,38)/p+1/b20-16-,33-25?. The number of hydrogen-bond acceptors (Lipinski definition) is 7. The van der Waals surface area contributed by atoms with Gasteiger partial charge in [0.2, 0.25) is 0 Å². The van der Waals surface area contributed by atoms with Crippen LogP contribution in [0.5, 0.6) is 0 Å². The molecule has 1 aliphatic heterocycles. The molecule has 40 heavy (non-hydrogen) atoms. The van der Waals surface area contributed by atoms with Crippen LogP contribution in [0.1, 0.15) is 16.1 Å². The van der Waals surface area contributed by atoms with E-state index < -0.39 is 11.7 Å². The van der Waals surface area contributed by atoms with Gasteiger partial charge in [0.15, 0.2) is 0 Å². The molecule has 0 radical (unpaired) electrons. The van der Waals surface area contributed by atoms with Crippen LogP contribution >= 0.6 is 11.3 Å². The molecular weight excluding hydrogens is 534 g/mol. The molecular formula is C29H29F2N6O2S+. The Morgan fingerprint density at radius 1 is 1.15 bits per heavy atom. The highest BCUT2D eigenvalue weighted by atomic mass is 32.1. The van der Waals surface area contributed by atoms with Crippen molar-refractivity contribution in [2.45, 2.75) is 0 Å². The van der Waals surface area contributed by atoms with E-state index >= 15 is 0 Å². The van der Waals surface area contributed by atoms with Crippen LogP contribution in [-0.4, -0.2) is 60.9 Å². The summed E-state index contributed by atoms with van der Waals surface area (Å²) < 4.78 is 32.9. The number of morpholine rings is 1. The Labute approximate surface area is 234 Å². The third-order valence-electron chi connectivity index (χ3n) is 6.59. The number of allylic oxidation sites excluding steroid dienone is 4. The third-order valence-corrected chi connectivity index (χ3v) is 7.48. The maximum atomic E-state index is 13.9. The second-order valence-corrected chi connectivity index (χ2v) is 10.2. The summed E-state index contributed by atoms with van der Waals surface area (Å²) >= 11 is 1.22. The van der Waals surface area contributed by atoms with Gasteiger partial charge in [0.25, 0.3) is 5.91 Å². The summed E-state index contributed by atoms with van der Waals surface area (Å²) in [4.78, 5) is 20.0. The van der Waals surface area contributed by atoms with E-state index in [0.29, 0.717) is 33.0 Å². The number of ether oxygens (including phenoxy) is 1. The molecule has 0 unspecified atom stereocenters. The van der Waals surface area contributed by atoms with Gasteiger partial charge in [0.05, 0.1) is 36.7 Å². The van der Waals surface area contributed by atoms with E-state index in [1.165, 1.54) is 35.6 Å². The molecule has 1 fully saturated rings. The average molecular weight is 564 g/mol. The predicted molar refractivity (Wildman–Crippen MR) is 152 cm³/mol. The molecule has 8 nitrogen and oxygen atoms in total. The summed E-state index contributed by atoms with van der Waals surface area (Å²) in [6.07, 6.45) is 5.28. The Morgan fingerprint density at radius 2 is 1.90 bits per heavy atom. The molecule has 2 aromatic carbocycles. The average Bonchev–Trinajstić information content (AvgIpc) is 3.46. The molecule has 0 saturated carbocycles. The van der Waals surface area contributed by atoms with Crippen LogP contribution < -0.4 is 16.4 Å². The minimum atomic E-state index is -0.552. The number of nitrogens with two attached hydrogens (primary N) is 2. The molecule has 2 heterocycles. The lowest BCUT2D eigenvalue weighted by Crippen LogP contribution is -2.80. The van der Waals surface area contributed by atoms with E-state index in [1.807, 2.05) is 11.5 Å². The monoisotopic (exact) mass is 563 g/mol. The van der Waals surface area contributed by atoms with Crippen molar-refractivity contribution in [2.24, 2.45) is 0 Å². The van der Waals surface area contributed by atoms with E-state index in [2.05, 4.69) is 15.2 Å². The van der Waals surface area contributed by atoms with Gasteiger partial charge in [-0.25, -0.2) is 13.8 Å². The summed E-state index contributed by atoms with van der Waals surface area (Å²) in [6, 6.07) is 10.3. The van der Waals surface area contributed by atoms with Gasteiger partial charge in [-0.05, 0) is 48.0 Å². The number of carbonyl (C=O) groups excluding carboxylic acids is 1. The van der Waals surface area contributed by atoms with Crippen molar-refractivity contribution in [3.63, 3.8) is 0 Å². The van der Waals surface area contributed by atoms with Crippen LogP contribution in [0.4, 0.5) is 14.5 Å². The normalized spacial score (nSPS) is 17.1. The number of aromatic nitrogens is 1. The first-order valence-corrected chi connectivity index (χ1v) is 13.7. The number of amides is 1. The molecule has 1 aliphatic carbocycles. The number of benzene rings is 2. The smallest absolute Gasteiger partial charge is 0.275 e. The molecule has 0 bridgehead atoms. The minimum Gasteiger partial charge on any atom is -0.396 e. The van der Waals surface area contributed by atoms with Crippen LogP contribution in [0.3, 0.4) is 0 Å². The molecule has 0 atom stereocenters. The Kier molecular flexibility index (Phi) is 8.56. The SMILES string of the molecule is N=C1C=C(c2ccc(F)cc2)C(NC(=O)c2csc(-c3ccc(N)c(F)c3)n2)=C/C1=C/[NH2+]CCN1CCOCC1. The molecule has 3 aromatic rings. The first kappa shape index (κ1) is 27.5. The van der Waals surface area contributed by atoms with Crippen molar-refractivity contribution in [1.29, 1.82) is 5.41 Å². The number of hydrogen-bond donors (Lipinski definition) is 4. The largest absolute Gasteiger partial charge is 0.396 e. The number of nitrogen functional groups attached to an aromatic ring is 1. The topological polar surface area (TPSA) is 121 Å². The number of nitrogens with zero attached hydrogens (tertiary/aromatic N) is 2. The van der Waals surface area contributed by atoms with E-state index in [-0.39, 0.29) is 22.9 Å². The molecule has 0 spiro atoms. The molecule has 6 N–H and O–H groups in total. The summed E-state index contributed by atoms with van der Waals surface area (Å²) in [5, 5.41) is 15.6. The summed E-state index contributed by atoms with van der Waals surface area (Å²) in [7, 11) is 0. The second-order valence-electron chi connectivity index (χ2n) is 9.37. The number of carbonyl (C=O) groups is 1. The Balaban J connectivity index is 1.35. The summed E-state index contributed by atoms with van der Waals surface area (Å²) in [5.74, 6) is -1.39. The number of quaternary nitrogens is 1. The van der Waals surface area contributed by atoms with Crippen LogP contribution in [0, 0.1) is 17.0 Å². The van der Waals surface area contributed by atoms with Crippen molar-refractivity contribution in [3.05, 3.63) is 100 Å². The number of rotatable bonds is 8. The van der Waals surface area contributed by atoms with E-state index in [0.717, 1.165) is 39.4 Å². The first-order chi connectivity index (χ1) is 19.4. The molecule has 206 valence electrons. The van der Waals surface area contributed by atoms with Gasteiger partial charge in [-0.1, -0.05) is 12.1 Å². The Morgan fingerprint density at radius 3 is 2.65 bits per heavy atom. The zero-order valence-electron chi connectivity index (χ0n) is 21.6. The molecule has 2 aliphatic rings. The highest BCUT2D eigenvalue weighted by Crippen LogP contribution is 2.29. The number of nitrogens with one attached hydrogen (secondary N) is 2. The van der Waals surface area contributed by atoms with E-state index in [4.69, 9.17) is 15.9 Å². The van der Waals surface area contributed by atoms with Crippen LogP contribution in [0.25, 0.3) is 16.1 Å². The highest BCUT2D eigenvalue weighted by Gasteiger charge is 2.22. The first-order valence-electron chi connectivity index (χ1n) is 12.8. The third kappa shape index (κ3) is 6.57. The minimum absolute atomic E-state index is 0.0374. The van der Waals surface area contributed by atoms with Crippen molar-refractivity contribution < 1.29 is 23.6 Å². The van der Waals surface area contributed by atoms with Crippen molar-refractivity contribution in [2.75, 3.05) is 45.1 Å². The van der Waals surface area contributed by atoms with Crippen molar-refractivity contribution in [3.8, 4) is 10.6 Å². The lowest BCUT2D eigenvalue weighted by Gasteiger charge is -2.25. The summed E-state index contributed by atoms with van der Waals surface area (Å²) in [5.41, 5.74) is 8.92. The van der Waals surface area contributed by atoms with Crippen molar-refractivity contribution >= 4 is 34.2 Å². The van der Waals surface area contributed by atoms with Gasteiger partial charge < -0.3 is 26.5 Å². The molecule has 5 rings (SSSR count).